The van der Waals surface area contributed by atoms with Gasteiger partial charge in [-0.1, -0.05) is 12.0 Å². The van der Waals surface area contributed by atoms with Crippen molar-refractivity contribution < 1.29 is 9.72 Å². The molecular weight excluding hydrogens is 320 g/mol. The second kappa shape index (κ2) is 6.68. The first-order valence-electron chi connectivity index (χ1n) is 7.23. The van der Waals surface area contributed by atoms with Crippen molar-refractivity contribution in [1.29, 1.82) is 0 Å². The molecule has 7 heteroatoms. The van der Waals surface area contributed by atoms with Crippen LogP contribution in [-0.4, -0.2) is 20.4 Å². The van der Waals surface area contributed by atoms with Gasteiger partial charge in [0.25, 0.3) is 11.6 Å². The van der Waals surface area contributed by atoms with Gasteiger partial charge in [-0.25, -0.2) is 4.98 Å². The van der Waals surface area contributed by atoms with Crippen LogP contribution in [0.2, 0.25) is 0 Å². The molecule has 0 saturated carbocycles. The first kappa shape index (κ1) is 16.0. The van der Waals surface area contributed by atoms with Crippen LogP contribution in [0.15, 0.2) is 61.2 Å². The number of aromatic nitrogens is 2. The Labute approximate surface area is 143 Å². The summed E-state index contributed by atoms with van der Waals surface area (Å²) in [5.74, 6) is 2.01. The van der Waals surface area contributed by atoms with E-state index in [0.29, 0.717) is 16.9 Å². The summed E-state index contributed by atoms with van der Waals surface area (Å²) in [6.45, 7) is 0. The Kier molecular flexibility index (Phi) is 4.26. The van der Waals surface area contributed by atoms with Crippen LogP contribution in [0.5, 0.6) is 0 Å². The molecule has 0 aliphatic heterocycles. The van der Waals surface area contributed by atoms with Crippen LogP contribution in [0.25, 0.3) is 5.69 Å². The van der Waals surface area contributed by atoms with Gasteiger partial charge in [0.2, 0.25) is 0 Å². The molecule has 122 valence electrons. The van der Waals surface area contributed by atoms with Gasteiger partial charge < -0.3 is 9.88 Å². The molecule has 0 radical (unpaired) electrons. The second-order valence-electron chi connectivity index (χ2n) is 5.11. The first-order valence-corrected chi connectivity index (χ1v) is 7.23. The maximum Gasteiger partial charge on any atom is 0.294 e. The van der Waals surface area contributed by atoms with E-state index in [0.717, 1.165) is 0 Å². The van der Waals surface area contributed by atoms with Crippen molar-refractivity contribution in [3.8, 4) is 18.0 Å². The number of rotatable bonds is 4. The van der Waals surface area contributed by atoms with Gasteiger partial charge in [-0.2, -0.15) is 0 Å². The number of carbonyl (C=O) groups excluding carboxylic acids is 1. The SMILES string of the molecule is C#Cc1cccc(NC(=O)c2ccc(-n3ccnc3)c([N+](=O)[O-])c2)c1. The van der Waals surface area contributed by atoms with E-state index in [9.17, 15) is 14.9 Å². The fourth-order valence-corrected chi connectivity index (χ4v) is 2.32. The zero-order valence-corrected chi connectivity index (χ0v) is 12.9. The smallest absolute Gasteiger partial charge is 0.294 e. The summed E-state index contributed by atoms with van der Waals surface area (Å²) in [5, 5.41) is 14.0. The van der Waals surface area contributed by atoms with Gasteiger partial charge in [-0.3, -0.25) is 14.9 Å². The number of hydrogen-bond acceptors (Lipinski definition) is 4. The fourth-order valence-electron chi connectivity index (χ4n) is 2.32. The van der Waals surface area contributed by atoms with Crippen LogP contribution in [0.1, 0.15) is 15.9 Å². The molecule has 0 spiro atoms. The molecule has 0 fully saturated rings. The van der Waals surface area contributed by atoms with Crippen LogP contribution in [0.4, 0.5) is 11.4 Å². The number of terminal acetylenes is 1. The molecule has 25 heavy (non-hydrogen) atoms. The molecule has 1 heterocycles. The number of amides is 1. The second-order valence-corrected chi connectivity index (χ2v) is 5.11. The third kappa shape index (κ3) is 3.38. The van der Waals surface area contributed by atoms with Gasteiger partial charge in [0.15, 0.2) is 0 Å². The third-order valence-corrected chi connectivity index (χ3v) is 3.50. The van der Waals surface area contributed by atoms with Crippen molar-refractivity contribution in [3.63, 3.8) is 0 Å². The Morgan fingerprint density at radius 1 is 1.28 bits per heavy atom. The summed E-state index contributed by atoms with van der Waals surface area (Å²) >= 11 is 0. The predicted octanol–water partition coefficient (Wildman–Crippen LogP) is 3.01. The molecule has 0 atom stereocenters. The van der Waals surface area contributed by atoms with E-state index in [2.05, 4.69) is 16.2 Å². The highest BCUT2D eigenvalue weighted by atomic mass is 16.6. The van der Waals surface area contributed by atoms with Gasteiger partial charge in [-0.05, 0) is 30.3 Å². The molecule has 1 aromatic heterocycles. The van der Waals surface area contributed by atoms with Crippen LogP contribution in [0.3, 0.4) is 0 Å². The summed E-state index contributed by atoms with van der Waals surface area (Å²) in [7, 11) is 0. The molecule has 0 aliphatic rings. The number of nitrogens with zero attached hydrogens (tertiary/aromatic N) is 3. The molecule has 0 saturated heterocycles. The lowest BCUT2D eigenvalue weighted by Crippen LogP contribution is -2.13. The summed E-state index contributed by atoms with van der Waals surface area (Å²) in [5.41, 5.74) is 1.44. The summed E-state index contributed by atoms with van der Waals surface area (Å²) in [6.07, 6.45) is 9.89. The highest BCUT2D eigenvalue weighted by molar-refractivity contribution is 6.05. The van der Waals surface area contributed by atoms with Crippen molar-refractivity contribution in [2.24, 2.45) is 0 Å². The molecular formula is C18H12N4O3. The highest BCUT2D eigenvalue weighted by Crippen LogP contribution is 2.24. The zero-order valence-electron chi connectivity index (χ0n) is 12.9. The Morgan fingerprint density at radius 2 is 2.12 bits per heavy atom. The number of nitro groups is 1. The Morgan fingerprint density at radius 3 is 2.80 bits per heavy atom. The van der Waals surface area contributed by atoms with Gasteiger partial charge in [-0.15, -0.1) is 6.42 Å². The summed E-state index contributed by atoms with van der Waals surface area (Å²) in [4.78, 5) is 27.1. The van der Waals surface area contributed by atoms with Gasteiger partial charge in [0.05, 0.1) is 11.3 Å². The van der Waals surface area contributed by atoms with Gasteiger partial charge in [0, 0.05) is 35.3 Å². The molecule has 1 N–H and O–H groups in total. The highest BCUT2D eigenvalue weighted by Gasteiger charge is 2.18. The number of hydrogen-bond donors (Lipinski definition) is 1. The van der Waals surface area contributed by atoms with E-state index in [4.69, 9.17) is 6.42 Å². The fraction of sp³-hybridized carbons (Fsp3) is 0. The minimum absolute atomic E-state index is 0.168. The average molecular weight is 332 g/mol. The van der Waals surface area contributed by atoms with E-state index >= 15 is 0 Å². The number of nitrogens with one attached hydrogen (secondary N) is 1. The lowest BCUT2D eigenvalue weighted by atomic mass is 10.1. The topological polar surface area (TPSA) is 90.1 Å². The van der Waals surface area contributed by atoms with E-state index in [-0.39, 0.29) is 11.3 Å². The lowest BCUT2D eigenvalue weighted by molar-refractivity contribution is -0.384. The number of imidazole rings is 1. The number of nitro benzene ring substituents is 1. The minimum atomic E-state index is -0.537. The first-order chi connectivity index (χ1) is 12.1. The van der Waals surface area contributed by atoms with Crippen molar-refractivity contribution in [2.75, 3.05) is 5.32 Å². The maximum absolute atomic E-state index is 12.4. The van der Waals surface area contributed by atoms with E-state index in [1.165, 1.54) is 35.3 Å². The van der Waals surface area contributed by atoms with Crippen molar-refractivity contribution >= 4 is 17.3 Å². The number of carbonyl (C=O) groups is 1. The van der Waals surface area contributed by atoms with Crippen LogP contribution < -0.4 is 5.32 Å². The van der Waals surface area contributed by atoms with Crippen LogP contribution in [0, 0.1) is 22.5 Å². The molecule has 7 nitrogen and oxygen atoms in total. The average Bonchev–Trinajstić information content (AvgIpc) is 3.15. The molecule has 3 rings (SSSR count). The van der Waals surface area contributed by atoms with Crippen molar-refractivity contribution in [2.45, 2.75) is 0 Å². The van der Waals surface area contributed by atoms with E-state index in [1.54, 1.807) is 30.5 Å². The zero-order chi connectivity index (χ0) is 17.8. The monoisotopic (exact) mass is 332 g/mol. The van der Waals surface area contributed by atoms with Crippen molar-refractivity contribution in [1.82, 2.24) is 9.55 Å². The molecule has 0 aliphatic carbocycles. The van der Waals surface area contributed by atoms with E-state index in [1.807, 2.05) is 0 Å². The molecule has 1 amide bonds. The quantitative estimate of drug-likeness (QED) is 0.452. The Bertz CT molecular complexity index is 988. The van der Waals surface area contributed by atoms with Crippen molar-refractivity contribution in [3.05, 3.63) is 82.4 Å². The van der Waals surface area contributed by atoms with E-state index < -0.39 is 10.8 Å². The van der Waals surface area contributed by atoms with Gasteiger partial charge in [0.1, 0.15) is 5.69 Å². The summed E-state index contributed by atoms with van der Waals surface area (Å²) < 4.78 is 1.51. The summed E-state index contributed by atoms with van der Waals surface area (Å²) in [6, 6.07) is 11.0. The lowest BCUT2D eigenvalue weighted by Gasteiger charge is -2.08. The Balaban J connectivity index is 1.92. The van der Waals surface area contributed by atoms with Crippen LogP contribution in [-0.2, 0) is 0 Å². The number of benzene rings is 2. The molecule has 2 aromatic carbocycles. The van der Waals surface area contributed by atoms with Gasteiger partial charge >= 0.3 is 0 Å². The maximum atomic E-state index is 12.4. The standard InChI is InChI=1S/C18H12N4O3/c1-2-13-4-3-5-15(10-13)20-18(23)14-6-7-16(17(11-14)22(24)25)21-9-8-19-12-21/h1,3-12H,(H,20,23). The Hall–Kier alpha value is -3.92. The predicted molar refractivity (Wildman–Crippen MR) is 92.5 cm³/mol. The normalized spacial score (nSPS) is 10.0. The largest absolute Gasteiger partial charge is 0.322 e. The molecule has 3 aromatic rings. The number of anilines is 1. The molecule has 0 unspecified atom stereocenters. The molecule has 0 bridgehead atoms. The third-order valence-electron chi connectivity index (χ3n) is 3.50. The van der Waals surface area contributed by atoms with Crippen LogP contribution >= 0.6 is 0 Å². The minimum Gasteiger partial charge on any atom is -0.322 e.